The predicted molar refractivity (Wildman–Crippen MR) is 88.0 cm³/mol. The average molecular weight is 274 g/mol. The van der Waals surface area contributed by atoms with E-state index in [0.717, 1.165) is 0 Å². The van der Waals surface area contributed by atoms with Gasteiger partial charge in [-0.25, -0.2) is 0 Å². The molecule has 0 aliphatic rings. The molecule has 0 unspecified atom stereocenters. The molecule has 0 atom stereocenters. The topological polar surface area (TPSA) is 12.0 Å². The highest BCUT2D eigenvalue weighted by molar-refractivity contribution is 6.87. The van der Waals surface area contributed by atoms with E-state index in [1.807, 2.05) is 6.07 Å². The summed E-state index contributed by atoms with van der Waals surface area (Å²) in [5, 5.41) is 2.74. The van der Waals surface area contributed by atoms with Crippen LogP contribution in [0, 0.1) is 0 Å². The van der Waals surface area contributed by atoms with E-state index in [1.165, 1.54) is 16.1 Å². The van der Waals surface area contributed by atoms with Crippen molar-refractivity contribution in [2.24, 2.45) is 0 Å². The fourth-order valence-electron chi connectivity index (χ4n) is 2.19. The maximum absolute atomic E-state index is 3.71. The molecule has 3 aromatic carbocycles. The first kappa shape index (κ1) is 12.7. The van der Waals surface area contributed by atoms with Crippen molar-refractivity contribution in [3.05, 3.63) is 91.0 Å². The summed E-state index contributed by atoms with van der Waals surface area (Å²) < 4.78 is 0. The third-order valence-electron chi connectivity index (χ3n) is 3.17. The normalized spacial score (nSPS) is 10.4. The fraction of sp³-hybridized carbons (Fsp3) is 0. The van der Waals surface area contributed by atoms with Crippen LogP contribution in [0.1, 0.15) is 0 Å². The highest BCUT2D eigenvalue weighted by atomic mass is 28.3. The van der Waals surface area contributed by atoms with Crippen molar-refractivity contribution in [3.63, 3.8) is 0 Å². The van der Waals surface area contributed by atoms with Crippen molar-refractivity contribution in [3.8, 4) is 0 Å². The molecule has 0 amide bonds. The minimum atomic E-state index is -1.00. The Balaban J connectivity index is 1.96. The third-order valence-corrected chi connectivity index (χ3v) is 5.53. The number of nitrogens with one attached hydrogen (secondary N) is 1. The zero-order valence-electron chi connectivity index (χ0n) is 11.2. The van der Waals surface area contributed by atoms with Crippen LogP contribution in [-0.2, 0) is 0 Å². The van der Waals surface area contributed by atoms with E-state index in [0.29, 0.717) is 0 Å². The van der Waals surface area contributed by atoms with Gasteiger partial charge in [-0.3, -0.25) is 0 Å². The van der Waals surface area contributed by atoms with Crippen LogP contribution >= 0.6 is 0 Å². The lowest BCUT2D eigenvalue weighted by Crippen LogP contribution is -2.49. The van der Waals surface area contributed by atoms with Crippen LogP contribution in [0.2, 0.25) is 0 Å². The first-order chi connectivity index (χ1) is 9.93. The molecule has 20 heavy (non-hydrogen) atoms. The molecular formula is C18H16NSi. The monoisotopic (exact) mass is 274 g/mol. The molecule has 0 aromatic heterocycles. The number of para-hydroxylation sites is 1. The number of rotatable bonds is 4. The Bertz CT molecular complexity index is 599. The largest absolute Gasteiger partial charge is 0.404 e. The summed E-state index contributed by atoms with van der Waals surface area (Å²) in [6.07, 6.45) is 0. The standard InChI is InChI=1S/C18H16NSi/c1-4-10-16(11-5-1)19-20(17-12-6-2-7-13-17)18-14-8-3-9-15-18/h1-15,19H. The fourth-order valence-corrected chi connectivity index (χ4v) is 4.32. The minimum absolute atomic E-state index is 1.00. The molecule has 0 spiro atoms. The lowest BCUT2D eigenvalue weighted by molar-refractivity contribution is 1.64. The molecule has 3 aromatic rings. The van der Waals surface area contributed by atoms with E-state index in [2.05, 4.69) is 89.9 Å². The first-order valence-corrected chi connectivity index (χ1v) is 8.23. The highest BCUT2D eigenvalue weighted by Crippen LogP contribution is 2.06. The Hall–Kier alpha value is -2.32. The zero-order chi connectivity index (χ0) is 13.6. The van der Waals surface area contributed by atoms with E-state index in [-0.39, 0.29) is 0 Å². The summed E-state index contributed by atoms with van der Waals surface area (Å²) in [6.45, 7) is 0. The number of anilines is 1. The zero-order valence-corrected chi connectivity index (χ0v) is 12.2. The Morgan fingerprint density at radius 1 is 0.500 bits per heavy atom. The SMILES string of the molecule is c1ccc(N[Si](c2ccccc2)c2ccccc2)cc1. The summed E-state index contributed by atoms with van der Waals surface area (Å²) in [7, 11) is -1.00. The van der Waals surface area contributed by atoms with Gasteiger partial charge in [-0.2, -0.15) is 0 Å². The average Bonchev–Trinajstić information content (AvgIpc) is 2.55. The van der Waals surface area contributed by atoms with Crippen molar-refractivity contribution in [2.75, 3.05) is 4.98 Å². The van der Waals surface area contributed by atoms with Crippen LogP contribution in [0.25, 0.3) is 0 Å². The van der Waals surface area contributed by atoms with Gasteiger partial charge in [-0.1, -0.05) is 78.9 Å². The molecule has 1 N–H and O–H groups in total. The highest BCUT2D eigenvalue weighted by Gasteiger charge is 2.17. The molecular weight excluding hydrogens is 258 g/mol. The number of hydrogen-bond donors (Lipinski definition) is 1. The number of benzene rings is 3. The Morgan fingerprint density at radius 3 is 1.35 bits per heavy atom. The van der Waals surface area contributed by atoms with Crippen LogP contribution in [0.5, 0.6) is 0 Å². The molecule has 97 valence electrons. The van der Waals surface area contributed by atoms with Gasteiger partial charge in [0.05, 0.1) is 0 Å². The van der Waals surface area contributed by atoms with Crippen LogP contribution in [0.15, 0.2) is 91.0 Å². The van der Waals surface area contributed by atoms with Gasteiger partial charge >= 0.3 is 0 Å². The smallest absolute Gasteiger partial charge is 0.239 e. The van der Waals surface area contributed by atoms with Crippen molar-refractivity contribution >= 4 is 25.0 Å². The van der Waals surface area contributed by atoms with Crippen molar-refractivity contribution in [2.45, 2.75) is 0 Å². The van der Waals surface area contributed by atoms with Gasteiger partial charge in [0.1, 0.15) is 0 Å². The van der Waals surface area contributed by atoms with Gasteiger partial charge in [0, 0.05) is 5.69 Å². The summed E-state index contributed by atoms with van der Waals surface area (Å²) >= 11 is 0. The summed E-state index contributed by atoms with van der Waals surface area (Å²) in [5.74, 6) is 0. The van der Waals surface area contributed by atoms with Crippen LogP contribution in [0.4, 0.5) is 5.69 Å². The van der Waals surface area contributed by atoms with E-state index in [1.54, 1.807) is 0 Å². The molecule has 0 saturated carbocycles. The van der Waals surface area contributed by atoms with Crippen LogP contribution in [0.3, 0.4) is 0 Å². The molecule has 1 nitrogen and oxygen atoms in total. The molecule has 0 aliphatic heterocycles. The van der Waals surface area contributed by atoms with Gasteiger partial charge in [0.15, 0.2) is 0 Å². The lowest BCUT2D eigenvalue weighted by Gasteiger charge is -2.18. The maximum Gasteiger partial charge on any atom is 0.239 e. The number of hydrogen-bond acceptors (Lipinski definition) is 1. The van der Waals surface area contributed by atoms with Crippen LogP contribution in [-0.4, -0.2) is 8.96 Å². The van der Waals surface area contributed by atoms with E-state index in [9.17, 15) is 0 Å². The van der Waals surface area contributed by atoms with Crippen molar-refractivity contribution < 1.29 is 0 Å². The molecule has 0 aliphatic carbocycles. The minimum Gasteiger partial charge on any atom is -0.404 e. The molecule has 0 saturated heterocycles. The van der Waals surface area contributed by atoms with Crippen molar-refractivity contribution in [1.29, 1.82) is 0 Å². The molecule has 0 bridgehead atoms. The Labute approximate surface area is 121 Å². The second-order valence-corrected chi connectivity index (χ2v) is 6.75. The molecule has 0 heterocycles. The van der Waals surface area contributed by atoms with Gasteiger partial charge in [0.2, 0.25) is 8.96 Å². The van der Waals surface area contributed by atoms with Gasteiger partial charge in [-0.15, -0.1) is 0 Å². The molecule has 1 radical (unpaired) electrons. The Kier molecular flexibility index (Phi) is 3.95. The van der Waals surface area contributed by atoms with E-state index in [4.69, 9.17) is 0 Å². The quantitative estimate of drug-likeness (QED) is 0.721. The molecule has 2 heteroatoms. The summed E-state index contributed by atoms with van der Waals surface area (Å²) in [4.78, 5) is 3.71. The third kappa shape index (κ3) is 2.98. The van der Waals surface area contributed by atoms with Crippen molar-refractivity contribution in [1.82, 2.24) is 0 Å². The summed E-state index contributed by atoms with van der Waals surface area (Å²) in [5.41, 5.74) is 1.18. The van der Waals surface area contributed by atoms with Crippen LogP contribution < -0.4 is 15.4 Å². The maximum atomic E-state index is 3.71. The van der Waals surface area contributed by atoms with E-state index >= 15 is 0 Å². The first-order valence-electron chi connectivity index (χ1n) is 6.73. The Morgan fingerprint density at radius 2 is 0.900 bits per heavy atom. The molecule has 0 fully saturated rings. The second-order valence-electron chi connectivity index (χ2n) is 4.60. The molecule has 3 rings (SSSR count). The van der Waals surface area contributed by atoms with Gasteiger partial charge in [-0.05, 0) is 22.5 Å². The second kappa shape index (κ2) is 6.22. The predicted octanol–water partition coefficient (Wildman–Crippen LogP) is 2.90. The summed E-state index contributed by atoms with van der Waals surface area (Å²) in [6, 6.07) is 31.8. The van der Waals surface area contributed by atoms with Gasteiger partial charge < -0.3 is 4.98 Å². The van der Waals surface area contributed by atoms with Gasteiger partial charge in [0.25, 0.3) is 0 Å². The lowest BCUT2D eigenvalue weighted by atomic mass is 10.3. The van der Waals surface area contributed by atoms with E-state index < -0.39 is 8.96 Å².